The molecule has 1 saturated heterocycles. The number of aromatic nitrogens is 4. The highest BCUT2D eigenvalue weighted by atomic mass is 35.5. The van der Waals surface area contributed by atoms with E-state index in [0.717, 1.165) is 32.6 Å². The first-order valence-corrected chi connectivity index (χ1v) is 9.45. The Morgan fingerprint density at radius 2 is 1.93 bits per heavy atom. The molecule has 9 heteroatoms. The van der Waals surface area contributed by atoms with Gasteiger partial charge in [-0.1, -0.05) is 30.7 Å². The van der Waals surface area contributed by atoms with Gasteiger partial charge in [0.15, 0.2) is 11.2 Å². The van der Waals surface area contributed by atoms with Crippen molar-refractivity contribution in [2.75, 3.05) is 31.1 Å². The summed E-state index contributed by atoms with van der Waals surface area (Å²) in [7, 11) is 0. The summed E-state index contributed by atoms with van der Waals surface area (Å²) in [6.07, 6.45) is 0.753. The minimum atomic E-state index is -0.462. The van der Waals surface area contributed by atoms with Gasteiger partial charge in [-0.3, -0.25) is 18.9 Å². The lowest BCUT2D eigenvalue weighted by Crippen LogP contribution is -2.44. The molecule has 4 rings (SSSR count). The number of nitrogens with zero attached hydrogens (tertiary/aromatic N) is 4. The number of nitrogens with one attached hydrogen (secondary N) is 2. The lowest BCUT2D eigenvalue weighted by molar-refractivity contribution is 0.578. The van der Waals surface area contributed by atoms with E-state index in [4.69, 9.17) is 16.6 Å². The molecule has 1 aliphatic rings. The zero-order valence-corrected chi connectivity index (χ0v) is 15.8. The van der Waals surface area contributed by atoms with Gasteiger partial charge in [0.05, 0.1) is 10.7 Å². The highest BCUT2D eigenvalue weighted by Crippen LogP contribution is 2.29. The van der Waals surface area contributed by atoms with Crippen molar-refractivity contribution in [2.45, 2.75) is 19.9 Å². The van der Waals surface area contributed by atoms with Gasteiger partial charge in [-0.25, -0.2) is 4.79 Å². The molecule has 8 nitrogen and oxygen atoms in total. The van der Waals surface area contributed by atoms with E-state index in [1.807, 2.05) is 25.1 Å². The van der Waals surface area contributed by atoms with Crippen LogP contribution in [0.5, 0.6) is 0 Å². The first-order chi connectivity index (χ1) is 13.1. The molecule has 2 aromatic heterocycles. The van der Waals surface area contributed by atoms with Crippen LogP contribution in [0.2, 0.25) is 5.02 Å². The summed E-state index contributed by atoms with van der Waals surface area (Å²) in [5.41, 5.74) is 0.493. The number of benzene rings is 1. The number of piperazine rings is 1. The van der Waals surface area contributed by atoms with Crippen LogP contribution in [0.4, 0.5) is 5.95 Å². The van der Waals surface area contributed by atoms with Gasteiger partial charge in [-0.2, -0.15) is 4.98 Å². The predicted molar refractivity (Wildman–Crippen MR) is 106 cm³/mol. The molecule has 142 valence electrons. The monoisotopic (exact) mass is 388 g/mol. The second kappa shape index (κ2) is 7.21. The van der Waals surface area contributed by atoms with Crippen molar-refractivity contribution in [3.63, 3.8) is 0 Å². The third-order valence-electron chi connectivity index (χ3n) is 4.72. The Balaban J connectivity index is 2.09. The number of rotatable bonds is 4. The molecule has 0 atom stereocenters. The smallest absolute Gasteiger partial charge is 0.330 e. The quantitative estimate of drug-likeness (QED) is 0.704. The Bertz CT molecular complexity index is 1090. The molecule has 3 heterocycles. The molecule has 0 unspecified atom stereocenters. The summed E-state index contributed by atoms with van der Waals surface area (Å²) >= 11 is 6.45. The molecule has 0 amide bonds. The van der Waals surface area contributed by atoms with Crippen LogP contribution < -0.4 is 21.5 Å². The summed E-state index contributed by atoms with van der Waals surface area (Å²) in [5, 5.41) is 3.83. The van der Waals surface area contributed by atoms with E-state index >= 15 is 0 Å². The molecule has 1 aliphatic heterocycles. The zero-order valence-electron chi connectivity index (χ0n) is 15.0. The molecule has 0 spiro atoms. The lowest BCUT2D eigenvalue weighted by Gasteiger charge is -2.28. The van der Waals surface area contributed by atoms with Crippen LogP contribution in [0, 0.1) is 0 Å². The van der Waals surface area contributed by atoms with Crippen molar-refractivity contribution in [1.82, 2.24) is 24.4 Å². The number of imidazole rings is 1. The van der Waals surface area contributed by atoms with Crippen LogP contribution >= 0.6 is 11.6 Å². The third-order valence-corrected chi connectivity index (χ3v) is 5.04. The summed E-state index contributed by atoms with van der Waals surface area (Å²) in [4.78, 5) is 34.4. The number of H-pyrrole nitrogens is 1. The SMILES string of the molecule is CCCn1c(=O)[nH]c(=O)c2c1nc(N1CCNCC1)n2-c1ccccc1Cl. The summed E-state index contributed by atoms with van der Waals surface area (Å²) < 4.78 is 3.29. The largest absolute Gasteiger partial charge is 0.339 e. The van der Waals surface area contributed by atoms with E-state index < -0.39 is 11.2 Å². The molecular weight excluding hydrogens is 368 g/mol. The van der Waals surface area contributed by atoms with Gasteiger partial charge < -0.3 is 10.2 Å². The van der Waals surface area contributed by atoms with E-state index in [-0.39, 0.29) is 0 Å². The molecule has 1 aromatic carbocycles. The second-order valence-corrected chi connectivity index (χ2v) is 6.93. The van der Waals surface area contributed by atoms with Crippen LogP contribution in [-0.2, 0) is 6.54 Å². The minimum absolute atomic E-state index is 0.338. The average molecular weight is 389 g/mol. The fraction of sp³-hybridized carbons (Fsp3) is 0.389. The van der Waals surface area contributed by atoms with Gasteiger partial charge in [0, 0.05) is 32.7 Å². The number of hydrogen-bond donors (Lipinski definition) is 2. The third kappa shape index (κ3) is 3.04. The van der Waals surface area contributed by atoms with E-state index in [1.165, 1.54) is 4.57 Å². The molecule has 1 fully saturated rings. The number of aromatic amines is 1. The maximum absolute atomic E-state index is 12.8. The fourth-order valence-corrected chi connectivity index (χ4v) is 3.70. The van der Waals surface area contributed by atoms with Gasteiger partial charge in [-0.05, 0) is 18.6 Å². The normalized spacial score (nSPS) is 14.8. The molecule has 27 heavy (non-hydrogen) atoms. The predicted octanol–water partition coefficient (Wildman–Crippen LogP) is 1.35. The van der Waals surface area contributed by atoms with Gasteiger partial charge in [0.2, 0.25) is 5.95 Å². The van der Waals surface area contributed by atoms with E-state index in [9.17, 15) is 9.59 Å². The van der Waals surface area contributed by atoms with Crippen molar-refractivity contribution >= 4 is 28.7 Å². The molecule has 2 N–H and O–H groups in total. The molecular formula is C18H21ClN6O2. The van der Waals surface area contributed by atoms with Crippen LogP contribution in [0.1, 0.15) is 13.3 Å². The maximum atomic E-state index is 12.8. The molecule has 0 radical (unpaired) electrons. The maximum Gasteiger partial charge on any atom is 0.330 e. The van der Waals surface area contributed by atoms with Crippen LogP contribution in [0.15, 0.2) is 33.9 Å². The average Bonchev–Trinajstić information content (AvgIpc) is 3.07. The second-order valence-electron chi connectivity index (χ2n) is 6.52. The van der Waals surface area contributed by atoms with Gasteiger partial charge >= 0.3 is 5.69 Å². The van der Waals surface area contributed by atoms with Crippen LogP contribution in [0.25, 0.3) is 16.9 Å². The Hall–Kier alpha value is -2.58. The summed E-state index contributed by atoms with van der Waals surface area (Å²) in [5.74, 6) is 0.626. The Morgan fingerprint density at radius 1 is 1.19 bits per heavy atom. The first-order valence-electron chi connectivity index (χ1n) is 9.08. The zero-order chi connectivity index (χ0) is 19.0. The number of anilines is 1. The summed E-state index contributed by atoms with van der Waals surface area (Å²) in [6, 6.07) is 7.34. The van der Waals surface area contributed by atoms with Crippen LogP contribution in [0.3, 0.4) is 0 Å². The highest BCUT2D eigenvalue weighted by molar-refractivity contribution is 6.32. The van der Waals surface area contributed by atoms with Crippen molar-refractivity contribution in [1.29, 1.82) is 0 Å². The number of fused-ring (bicyclic) bond motifs is 1. The van der Waals surface area contributed by atoms with E-state index in [1.54, 1.807) is 10.6 Å². The Morgan fingerprint density at radius 3 is 2.63 bits per heavy atom. The van der Waals surface area contributed by atoms with Crippen molar-refractivity contribution in [3.05, 3.63) is 50.1 Å². The molecule has 0 bridgehead atoms. The van der Waals surface area contributed by atoms with Gasteiger partial charge in [-0.15, -0.1) is 0 Å². The number of hydrogen-bond acceptors (Lipinski definition) is 5. The van der Waals surface area contributed by atoms with Gasteiger partial charge in [0.25, 0.3) is 5.56 Å². The molecule has 3 aromatic rings. The van der Waals surface area contributed by atoms with Gasteiger partial charge in [0.1, 0.15) is 0 Å². The van der Waals surface area contributed by atoms with Crippen molar-refractivity contribution < 1.29 is 0 Å². The number of halogens is 1. The number of aryl methyl sites for hydroxylation is 1. The van der Waals surface area contributed by atoms with Crippen molar-refractivity contribution in [3.8, 4) is 5.69 Å². The topological polar surface area (TPSA) is 87.9 Å². The minimum Gasteiger partial charge on any atom is -0.339 e. The highest BCUT2D eigenvalue weighted by Gasteiger charge is 2.25. The first kappa shape index (κ1) is 17.8. The summed E-state index contributed by atoms with van der Waals surface area (Å²) in [6.45, 7) is 5.61. The van der Waals surface area contributed by atoms with E-state index in [2.05, 4.69) is 15.2 Å². The molecule has 0 aliphatic carbocycles. The Labute approximate surface area is 160 Å². The standard InChI is InChI=1S/C18H21ClN6O2/c1-2-9-24-15-14(16(26)22-18(24)27)25(13-6-4-3-5-12(13)19)17(21-15)23-10-7-20-8-11-23/h3-6,20H,2,7-11H2,1H3,(H,22,26,27). The Kier molecular flexibility index (Phi) is 4.75. The molecule has 0 saturated carbocycles. The van der Waals surface area contributed by atoms with Crippen molar-refractivity contribution in [2.24, 2.45) is 0 Å². The fourth-order valence-electron chi connectivity index (χ4n) is 3.48. The lowest BCUT2D eigenvalue weighted by atomic mass is 10.3. The number of para-hydroxylation sites is 1. The van der Waals surface area contributed by atoms with E-state index in [0.29, 0.717) is 34.4 Å². The van der Waals surface area contributed by atoms with Crippen LogP contribution in [-0.4, -0.2) is 45.3 Å².